The van der Waals surface area contributed by atoms with Crippen molar-refractivity contribution in [2.75, 3.05) is 28.3 Å². The lowest BCUT2D eigenvalue weighted by molar-refractivity contribution is 0.0429. The molecule has 3 rings (SSSR count). The highest BCUT2D eigenvalue weighted by molar-refractivity contribution is 7.89. The van der Waals surface area contributed by atoms with Gasteiger partial charge >= 0.3 is 5.97 Å². The molecule has 3 aromatic rings. The summed E-state index contributed by atoms with van der Waals surface area (Å²) in [5.74, 6) is 0.287. The van der Waals surface area contributed by atoms with Crippen molar-refractivity contribution in [3.63, 3.8) is 0 Å². The summed E-state index contributed by atoms with van der Waals surface area (Å²) in [6, 6.07) is 11.1. The number of methoxy groups -OCH3 is 2. The number of benzene rings is 2. The van der Waals surface area contributed by atoms with Gasteiger partial charge in [0.1, 0.15) is 16.4 Å². The van der Waals surface area contributed by atoms with Gasteiger partial charge in [-0.15, -0.1) is 0 Å². The Balaban J connectivity index is 1.77. The summed E-state index contributed by atoms with van der Waals surface area (Å²) >= 11 is 0. The summed E-state index contributed by atoms with van der Waals surface area (Å²) in [4.78, 5) is 16.5. The normalized spacial score (nSPS) is 11.4. The topological polar surface area (TPSA) is 121 Å². The Labute approximate surface area is 179 Å². The van der Waals surface area contributed by atoms with Crippen LogP contribution in [0.4, 0.5) is 0 Å². The van der Waals surface area contributed by atoms with Gasteiger partial charge in [0.25, 0.3) is 5.89 Å². The van der Waals surface area contributed by atoms with Crippen molar-refractivity contribution in [2.24, 2.45) is 0 Å². The fourth-order valence-corrected chi connectivity index (χ4v) is 3.74. The number of carbonyl (C=O) groups is 1. The molecule has 0 saturated carbocycles. The zero-order valence-corrected chi connectivity index (χ0v) is 18.2. The molecule has 10 nitrogen and oxygen atoms in total. The van der Waals surface area contributed by atoms with Gasteiger partial charge < -0.3 is 18.7 Å². The average Bonchev–Trinajstić information content (AvgIpc) is 3.25. The van der Waals surface area contributed by atoms with Crippen molar-refractivity contribution < 1.29 is 31.9 Å². The highest BCUT2D eigenvalue weighted by Gasteiger charge is 2.24. The number of sulfonamides is 1. The summed E-state index contributed by atoms with van der Waals surface area (Å²) in [5, 5.41) is 3.88. The van der Waals surface area contributed by atoms with E-state index in [0.717, 1.165) is 4.31 Å². The molecule has 1 aromatic heterocycles. The van der Waals surface area contributed by atoms with E-state index in [4.69, 9.17) is 18.7 Å². The monoisotopic (exact) mass is 447 g/mol. The van der Waals surface area contributed by atoms with Crippen molar-refractivity contribution >= 4 is 16.0 Å². The third kappa shape index (κ3) is 4.67. The second kappa shape index (κ2) is 9.14. The maximum Gasteiger partial charge on any atom is 0.338 e. The summed E-state index contributed by atoms with van der Waals surface area (Å²) in [6.07, 6.45) is 0. The number of hydrogen-bond acceptors (Lipinski definition) is 9. The Morgan fingerprint density at radius 1 is 1.06 bits per heavy atom. The average molecular weight is 447 g/mol. The Morgan fingerprint density at radius 3 is 2.45 bits per heavy atom. The molecule has 0 amide bonds. The van der Waals surface area contributed by atoms with Crippen molar-refractivity contribution in [3.8, 4) is 22.9 Å². The lowest BCUT2D eigenvalue weighted by Gasteiger charge is -2.15. The van der Waals surface area contributed by atoms with Crippen LogP contribution in [-0.2, 0) is 21.4 Å². The van der Waals surface area contributed by atoms with E-state index < -0.39 is 16.0 Å². The molecule has 0 atom stereocenters. The maximum atomic E-state index is 12.5. The Hall–Kier alpha value is -3.44. The highest BCUT2D eigenvalue weighted by Crippen LogP contribution is 2.28. The van der Waals surface area contributed by atoms with Crippen LogP contribution < -0.4 is 9.47 Å². The van der Waals surface area contributed by atoms with Crippen LogP contribution in [0.15, 0.2) is 51.9 Å². The predicted molar refractivity (Wildman–Crippen MR) is 109 cm³/mol. The Bertz CT molecular complexity index is 1190. The molecule has 0 spiro atoms. The van der Waals surface area contributed by atoms with Crippen molar-refractivity contribution in [3.05, 3.63) is 53.9 Å². The van der Waals surface area contributed by atoms with Crippen molar-refractivity contribution in [2.45, 2.75) is 11.5 Å². The van der Waals surface area contributed by atoms with Gasteiger partial charge in [0, 0.05) is 14.1 Å². The molecule has 0 radical (unpaired) electrons. The van der Waals surface area contributed by atoms with Gasteiger partial charge in [-0.2, -0.15) is 4.98 Å². The van der Waals surface area contributed by atoms with E-state index in [1.807, 2.05) is 6.07 Å². The minimum atomic E-state index is -3.83. The van der Waals surface area contributed by atoms with E-state index in [1.165, 1.54) is 46.5 Å². The van der Waals surface area contributed by atoms with E-state index in [0.29, 0.717) is 11.3 Å². The second-order valence-corrected chi connectivity index (χ2v) is 8.56. The van der Waals surface area contributed by atoms with Gasteiger partial charge in [-0.1, -0.05) is 17.3 Å². The van der Waals surface area contributed by atoms with Crippen LogP contribution in [0, 0.1) is 0 Å². The molecule has 1 heterocycles. The fraction of sp³-hybridized carbons (Fsp3) is 0.250. The van der Waals surface area contributed by atoms with Crippen LogP contribution in [0.5, 0.6) is 11.5 Å². The third-order valence-electron chi connectivity index (χ3n) is 4.30. The molecule has 0 saturated heterocycles. The number of para-hydroxylation sites is 1. The smallest absolute Gasteiger partial charge is 0.338 e. The third-order valence-corrected chi connectivity index (χ3v) is 6.14. The van der Waals surface area contributed by atoms with Gasteiger partial charge in [-0.3, -0.25) is 0 Å². The number of nitrogens with zero attached hydrogens (tertiary/aromatic N) is 3. The first-order chi connectivity index (χ1) is 14.8. The molecule has 0 N–H and O–H groups in total. The molecule has 0 unspecified atom stereocenters. The second-order valence-electron chi connectivity index (χ2n) is 6.44. The van der Waals surface area contributed by atoms with Crippen molar-refractivity contribution in [1.82, 2.24) is 14.4 Å². The van der Waals surface area contributed by atoms with E-state index in [-0.39, 0.29) is 34.5 Å². The van der Waals surface area contributed by atoms with E-state index in [9.17, 15) is 13.2 Å². The quantitative estimate of drug-likeness (QED) is 0.479. The largest absolute Gasteiger partial charge is 0.496 e. The minimum absolute atomic E-state index is 0.0330. The number of carbonyl (C=O) groups excluding carboxylic acids is 1. The number of esters is 1. The summed E-state index contributed by atoms with van der Waals surface area (Å²) in [6.45, 7) is -0.289. The number of aromatic nitrogens is 2. The van der Waals surface area contributed by atoms with Gasteiger partial charge in [0.05, 0.1) is 25.3 Å². The lowest BCUT2D eigenvalue weighted by atomic mass is 10.2. The van der Waals surface area contributed by atoms with Crippen LogP contribution in [0.1, 0.15) is 16.2 Å². The number of hydrogen-bond donors (Lipinski definition) is 0. The van der Waals surface area contributed by atoms with Crippen LogP contribution >= 0.6 is 0 Å². The molecule has 0 fully saturated rings. The molecular formula is C20H21N3O7S. The first-order valence-corrected chi connectivity index (χ1v) is 10.5. The molecule has 0 aliphatic rings. The lowest BCUT2D eigenvalue weighted by Crippen LogP contribution is -2.23. The van der Waals surface area contributed by atoms with Gasteiger partial charge in [-0.05, 0) is 30.3 Å². The molecule has 0 aliphatic carbocycles. The minimum Gasteiger partial charge on any atom is -0.496 e. The predicted octanol–water partition coefficient (Wildman–Crippen LogP) is 2.36. The van der Waals surface area contributed by atoms with E-state index in [2.05, 4.69) is 10.1 Å². The summed E-state index contributed by atoms with van der Waals surface area (Å²) in [7, 11) is 1.81. The highest BCUT2D eigenvalue weighted by atomic mass is 32.2. The zero-order valence-electron chi connectivity index (χ0n) is 17.4. The van der Waals surface area contributed by atoms with Gasteiger partial charge in [0.15, 0.2) is 6.61 Å². The molecule has 11 heteroatoms. The summed E-state index contributed by atoms with van der Waals surface area (Å²) < 4.78 is 46.8. The summed E-state index contributed by atoms with van der Waals surface area (Å²) in [5.41, 5.74) is 0.658. The van der Waals surface area contributed by atoms with Crippen LogP contribution in [0.3, 0.4) is 0 Å². The maximum absolute atomic E-state index is 12.5. The Kier molecular flexibility index (Phi) is 6.56. The standard InChI is InChI=1S/C20H21N3O7S/c1-23(2)31(25,26)17-11-13(9-10-16(17)28-4)20(24)29-12-18-21-19(22-30-18)14-7-5-6-8-15(14)27-3/h5-11H,12H2,1-4H3. The SMILES string of the molecule is COc1ccccc1-c1noc(COC(=O)c2ccc(OC)c(S(=O)(=O)N(C)C)c2)n1. The fourth-order valence-electron chi connectivity index (χ4n) is 2.66. The van der Waals surface area contributed by atoms with Crippen molar-refractivity contribution in [1.29, 1.82) is 0 Å². The molecule has 0 aliphatic heterocycles. The molecule has 0 bridgehead atoms. The molecule has 2 aromatic carbocycles. The van der Waals surface area contributed by atoms with Crippen LogP contribution in [-0.4, -0.2) is 57.1 Å². The molecular weight excluding hydrogens is 426 g/mol. The zero-order chi connectivity index (χ0) is 22.6. The van der Waals surface area contributed by atoms with E-state index >= 15 is 0 Å². The molecule has 164 valence electrons. The first kappa shape index (κ1) is 22.2. The Morgan fingerprint density at radius 2 is 1.77 bits per heavy atom. The van der Waals surface area contributed by atoms with Crippen LogP contribution in [0.2, 0.25) is 0 Å². The van der Waals surface area contributed by atoms with E-state index in [1.54, 1.807) is 18.2 Å². The van der Waals surface area contributed by atoms with Crippen LogP contribution in [0.25, 0.3) is 11.4 Å². The number of ether oxygens (including phenoxy) is 3. The van der Waals surface area contributed by atoms with Gasteiger partial charge in [0.2, 0.25) is 15.8 Å². The van der Waals surface area contributed by atoms with Gasteiger partial charge in [-0.25, -0.2) is 17.5 Å². The molecule has 31 heavy (non-hydrogen) atoms. The number of rotatable bonds is 8. The first-order valence-electron chi connectivity index (χ1n) is 9.01.